The lowest BCUT2D eigenvalue weighted by molar-refractivity contribution is -0.383. The third-order valence-electron chi connectivity index (χ3n) is 5.76. The smallest absolute Gasteiger partial charge is 0.347 e. The van der Waals surface area contributed by atoms with Crippen molar-refractivity contribution in [3.05, 3.63) is 45.2 Å². The van der Waals surface area contributed by atoms with E-state index in [4.69, 9.17) is 0 Å². The Morgan fingerprint density at radius 1 is 1.29 bits per heavy atom. The Morgan fingerprint density at radius 2 is 2.07 bits per heavy atom. The van der Waals surface area contributed by atoms with Crippen LogP contribution in [0.4, 0.5) is 23.0 Å². The Kier molecular flexibility index (Phi) is 4.56. The van der Waals surface area contributed by atoms with Gasteiger partial charge in [-0.2, -0.15) is 0 Å². The summed E-state index contributed by atoms with van der Waals surface area (Å²) in [5, 5.41) is 15.1. The summed E-state index contributed by atoms with van der Waals surface area (Å²) in [6.45, 7) is 7.65. The molecule has 28 heavy (non-hydrogen) atoms. The standard InChI is InChI=1S/C20H24BrN5O2/c1-19(2)8-15-9-20(3,10-19)11-25(15)18-16(26(27)28)17(22-12-23-18)24-14-6-4-5-13(21)7-14/h4-7,12,15H,8-11H2,1-3H3,(H,22,23,24). The quantitative estimate of drug-likeness (QED) is 0.507. The fraction of sp³-hybridized carbons (Fsp3) is 0.500. The average Bonchev–Trinajstić information content (AvgIpc) is 2.83. The predicted molar refractivity (Wildman–Crippen MR) is 113 cm³/mol. The predicted octanol–water partition coefficient (Wildman–Crippen LogP) is 5.30. The molecule has 1 aromatic carbocycles. The van der Waals surface area contributed by atoms with Gasteiger partial charge in [-0.05, 0) is 48.3 Å². The fourth-order valence-electron chi connectivity index (χ4n) is 5.25. The molecule has 1 aliphatic carbocycles. The highest BCUT2D eigenvalue weighted by Crippen LogP contribution is 2.54. The summed E-state index contributed by atoms with van der Waals surface area (Å²) in [4.78, 5) is 22.3. The highest BCUT2D eigenvalue weighted by atomic mass is 79.9. The number of halogens is 1. The van der Waals surface area contributed by atoms with E-state index in [1.165, 1.54) is 6.33 Å². The second-order valence-electron chi connectivity index (χ2n) is 9.13. The van der Waals surface area contributed by atoms with Gasteiger partial charge in [-0.1, -0.05) is 42.8 Å². The van der Waals surface area contributed by atoms with Gasteiger partial charge in [-0.15, -0.1) is 0 Å². The number of fused-ring (bicyclic) bond motifs is 2. The van der Waals surface area contributed by atoms with Crippen LogP contribution in [0, 0.1) is 20.9 Å². The van der Waals surface area contributed by atoms with E-state index in [1.807, 2.05) is 24.3 Å². The zero-order chi connectivity index (χ0) is 20.1. The van der Waals surface area contributed by atoms with Gasteiger partial charge in [0, 0.05) is 22.7 Å². The highest BCUT2D eigenvalue weighted by Gasteiger charge is 2.51. The molecule has 1 aliphatic heterocycles. The molecular formula is C20H24BrN5O2. The van der Waals surface area contributed by atoms with Gasteiger partial charge < -0.3 is 10.2 Å². The molecule has 0 spiro atoms. The maximum atomic E-state index is 12.0. The number of nitrogens with zero attached hydrogens (tertiary/aromatic N) is 4. The van der Waals surface area contributed by atoms with Gasteiger partial charge in [0.05, 0.1) is 4.92 Å². The number of nitro groups is 1. The number of anilines is 3. The molecule has 0 radical (unpaired) electrons. The first-order valence-electron chi connectivity index (χ1n) is 9.45. The Hall–Kier alpha value is -2.22. The van der Waals surface area contributed by atoms with E-state index in [0.29, 0.717) is 5.82 Å². The van der Waals surface area contributed by atoms with E-state index < -0.39 is 0 Å². The van der Waals surface area contributed by atoms with Crippen molar-refractivity contribution in [2.24, 2.45) is 10.8 Å². The number of hydrogen-bond donors (Lipinski definition) is 1. The van der Waals surface area contributed by atoms with Gasteiger partial charge in [-0.3, -0.25) is 10.1 Å². The van der Waals surface area contributed by atoms with E-state index in [1.54, 1.807) is 0 Å². The van der Waals surface area contributed by atoms with Gasteiger partial charge in [0.2, 0.25) is 11.6 Å². The van der Waals surface area contributed by atoms with E-state index >= 15 is 0 Å². The van der Waals surface area contributed by atoms with Crippen molar-refractivity contribution >= 4 is 38.9 Å². The van der Waals surface area contributed by atoms with Gasteiger partial charge in [0.15, 0.2) is 0 Å². The summed E-state index contributed by atoms with van der Waals surface area (Å²) >= 11 is 3.42. The van der Waals surface area contributed by atoms with Crippen molar-refractivity contribution in [3.8, 4) is 0 Å². The molecule has 2 aromatic rings. The van der Waals surface area contributed by atoms with Gasteiger partial charge in [-0.25, -0.2) is 9.97 Å². The molecule has 2 heterocycles. The summed E-state index contributed by atoms with van der Waals surface area (Å²) in [5.41, 5.74) is 1.06. The van der Waals surface area contributed by atoms with E-state index in [0.717, 1.165) is 36.0 Å². The van der Waals surface area contributed by atoms with Crippen LogP contribution >= 0.6 is 15.9 Å². The van der Waals surface area contributed by atoms with Crippen molar-refractivity contribution in [1.82, 2.24) is 9.97 Å². The average molecular weight is 446 g/mol. The Bertz CT molecular complexity index is 935. The van der Waals surface area contributed by atoms with Crippen molar-refractivity contribution in [1.29, 1.82) is 0 Å². The third-order valence-corrected chi connectivity index (χ3v) is 6.25. The van der Waals surface area contributed by atoms with Crippen molar-refractivity contribution in [2.75, 3.05) is 16.8 Å². The summed E-state index contributed by atoms with van der Waals surface area (Å²) in [7, 11) is 0. The minimum Gasteiger partial charge on any atom is -0.347 e. The van der Waals surface area contributed by atoms with Crippen LogP contribution < -0.4 is 10.2 Å². The van der Waals surface area contributed by atoms with Crippen molar-refractivity contribution in [2.45, 2.75) is 46.1 Å². The van der Waals surface area contributed by atoms with Crippen LogP contribution in [0.15, 0.2) is 35.1 Å². The molecule has 0 amide bonds. The molecule has 7 nitrogen and oxygen atoms in total. The molecule has 1 aromatic heterocycles. The fourth-order valence-corrected chi connectivity index (χ4v) is 5.65. The maximum absolute atomic E-state index is 12.0. The molecule has 1 N–H and O–H groups in total. The van der Waals surface area contributed by atoms with Crippen molar-refractivity contribution in [3.63, 3.8) is 0 Å². The third kappa shape index (κ3) is 3.57. The molecule has 8 heteroatoms. The van der Waals surface area contributed by atoms with Crippen molar-refractivity contribution < 1.29 is 4.92 Å². The number of aromatic nitrogens is 2. The van der Waals surface area contributed by atoms with Crippen LogP contribution in [0.25, 0.3) is 0 Å². The molecule has 2 fully saturated rings. The summed E-state index contributed by atoms with van der Waals surface area (Å²) < 4.78 is 0.887. The lowest BCUT2D eigenvalue weighted by atomic mass is 9.65. The highest BCUT2D eigenvalue weighted by molar-refractivity contribution is 9.10. The molecule has 2 bridgehead atoms. The van der Waals surface area contributed by atoms with Gasteiger partial charge >= 0.3 is 5.69 Å². The van der Waals surface area contributed by atoms with Gasteiger partial charge in [0.1, 0.15) is 6.33 Å². The first kappa shape index (κ1) is 19.1. The monoisotopic (exact) mass is 445 g/mol. The first-order valence-corrected chi connectivity index (χ1v) is 10.2. The number of benzene rings is 1. The second-order valence-corrected chi connectivity index (χ2v) is 10.0. The second kappa shape index (κ2) is 6.69. The Labute approximate surface area is 172 Å². The van der Waals surface area contributed by atoms with Crippen LogP contribution in [-0.4, -0.2) is 27.5 Å². The molecule has 148 valence electrons. The SMILES string of the molecule is CC1(C)CC2CC(C)(CN2c2ncnc(Nc3cccc(Br)c3)c2[N+](=O)[O-])C1. The number of hydrogen-bond acceptors (Lipinski definition) is 6. The molecule has 2 unspecified atom stereocenters. The minimum atomic E-state index is -0.370. The largest absolute Gasteiger partial charge is 0.353 e. The summed E-state index contributed by atoms with van der Waals surface area (Å²) in [6, 6.07) is 7.74. The maximum Gasteiger partial charge on any atom is 0.353 e. The molecule has 2 atom stereocenters. The van der Waals surface area contributed by atoms with E-state index in [2.05, 4.69) is 56.9 Å². The van der Waals surface area contributed by atoms with Gasteiger partial charge in [0.25, 0.3) is 0 Å². The molecule has 4 rings (SSSR count). The van der Waals surface area contributed by atoms with E-state index in [-0.39, 0.29) is 33.3 Å². The van der Waals surface area contributed by atoms with Crippen LogP contribution in [0.3, 0.4) is 0 Å². The Balaban J connectivity index is 1.73. The van der Waals surface area contributed by atoms with Crippen LogP contribution in [0.2, 0.25) is 0 Å². The summed E-state index contributed by atoms with van der Waals surface area (Å²) in [6.07, 6.45) is 4.59. The molecule has 1 saturated carbocycles. The van der Waals surface area contributed by atoms with E-state index in [9.17, 15) is 10.1 Å². The lowest BCUT2D eigenvalue weighted by Crippen LogP contribution is -2.35. The first-order chi connectivity index (χ1) is 13.2. The lowest BCUT2D eigenvalue weighted by Gasteiger charge is -2.39. The number of nitrogens with one attached hydrogen (secondary N) is 1. The summed E-state index contributed by atoms with van der Waals surface area (Å²) in [5.74, 6) is 0.642. The minimum absolute atomic E-state index is 0.0589. The Morgan fingerprint density at radius 3 is 2.79 bits per heavy atom. The topological polar surface area (TPSA) is 84.2 Å². The van der Waals surface area contributed by atoms with Crippen LogP contribution in [-0.2, 0) is 0 Å². The zero-order valence-corrected chi connectivity index (χ0v) is 17.9. The molecular weight excluding hydrogens is 422 g/mol. The molecule has 1 saturated heterocycles. The van der Waals surface area contributed by atoms with Crippen LogP contribution in [0.5, 0.6) is 0 Å². The number of rotatable bonds is 4. The normalized spacial score (nSPS) is 25.6. The zero-order valence-electron chi connectivity index (χ0n) is 16.3. The van der Waals surface area contributed by atoms with Crippen LogP contribution in [0.1, 0.15) is 40.0 Å². The molecule has 2 aliphatic rings.